The van der Waals surface area contributed by atoms with Gasteiger partial charge >= 0.3 is 0 Å². The van der Waals surface area contributed by atoms with Crippen LogP contribution in [0.3, 0.4) is 0 Å². The van der Waals surface area contributed by atoms with Crippen molar-refractivity contribution < 1.29 is 0 Å². The third-order valence-corrected chi connectivity index (χ3v) is 3.34. The second-order valence-electron chi connectivity index (χ2n) is 5.45. The average Bonchev–Trinajstić information content (AvgIpc) is 1.99. The second kappa shape index (κ2) is 3.97. The fourth-order valence-electron chi connectivity index (χ4n) is 1.75. The highest BCUT2D eigenvalue weighted by molar-refractivity contribution is 4.98. The van der Waals surface area contributed by atoms with Gasteiger partial charge in [0.15, 0.2) is 0 Å². The monoisotopic (exact) mass is 186 g/mol. The Hall–Kier alpha value is -0.0800. The van der Waals surface area contributed by atoms with Crippen molar-refractivity contribution in [1.29, 1.82) is 0 Å². The zero-order chi connectivity index (χ0) is 10.9. The highest BCUT2D eigenvalue weighted by Gasteiger charge is 2.38. The van der Waals surface area contributed by atoms with Gasteiger partial charge in [0, 0.05) is 11.6 Å². The van der Waals surface area contributed by atoms with Gasteiger partial charge in [-0.2, -0.15) is 0 Å². The zero-order valence-corrected chi connectivity index (χ0v) is 10.3. The number of rotatable bonds is 3. The molecule has 0 aromatic rings. The summed E-state index contributed by atoms with van der Waals surface area (Å²) in [7, 11) is 4.21. The van der Waals surface area contributed by atoms with Crippen LogP contribution in [0.5, 0.6) is 0 Å². The molecule has 0 spiro atoms. The van der Waals surface area contributed by atoms with Crippen LogP contribution in [0.25, 0.3) is 0 Å². The van der Waals surface area contributed by atoms with Crippen LogP contribution in [0.2, 0.25) is 0 Å². The molecule has 0 aromatic carbocycles. The molecule has 0 rings (SSSR count). The van der Waals surface area contributed by atoms with E-state index >= 15 is 0 Å². The first-order chi connectivity index (χ1) is 5.66. The molecule has 0 bridgehead atoms. The molecule has 0 aliphatic rings. The van der Waals surface area contributed by atoms with Crippen molar-refractivity contribution in [2.24, 2.45) is 11.1 Å². The molecule has 2 nitrogen and oxygen atoms in total. The van der Waals surface area contributed by atoms with Crippen molar-refractivity contribution in [2.45, 2.75) is 52.6 Å². The van der Waals surface area contributed by atoms with Crippen LogP contribution in [0.4, 0.5) is 0 Å². The van der Waals surface area contributed by atoms with Gasteiger partial charge in [0.1, 0.15) is 0 Å². The highest BCUT2D eigenvalue weighted by atomic mass is 15.2. The van der Waals surface area contributed by atoms with Crippen molar-refractivity contribution in [1.82, 2.24) is 4.90 Å². The fourth-order valence-corrected chi connectivity index (χ4v) is 1.75. The lowest BCUT2D eigenvalue weighted by molar-refractivity contribution is 0.0765. The molecule has 0 saturated heterocycles. The number of hydrogen-bond donors (Lipinski definition) is 1. The maximum absolute atomic E-state index is 6.30. The van der Waals surface area contributed by atoms with Crippen LogP contribution in [0, 0.1) is 5.41 Å². The Morgan fingerprint density at radius 1 is 1.15 bits per heavy atom. The summed E-state index contributed by atoms with van der Waals surface area (Å²) in [5.74, 6) is 0. The minimum Gasteiger partial charge on any atom is -0.326 e. The SMILES string of the molecule is CCC(C)(C(N)C(C)(C)C)N(C)C. The fraction of sp³-hybridized carbons (Fsp3) is 1.00. The summed E-state index contributed by atoms with van der Waals surface area (Å²) in [6.45, 7) is 11.0. The molecule has 0 aliphatic heterocycles. The van der Waals surface area contributed by atoms with Gasteiger partial charge in [0.05, 0.1) is 0 Å². The molecule has 2 heteroatoms. The van der Waals surface area contributed by atoms with E-state index in [9.17, 15) is 0 Å². The molecule has 0 aliphatic carbocycles. The first kappa shape index (κ1) is 12.9. The molecule has 0 radical (unpaired) electrons. The number of likely N-dealkylation sites (N-methyl/N-ethyl adjacent to an activating group) is 1. The van der Waals surface area contributed by atoms with E-state index in [4.69, 9.17) is 5.73 Å². The maximum Gasteiger partial charge on any atom is 0.0328 e. The Kier molecular flexibility index (Phi) is 3.95. The van der Waals surface area contributed by atoms with Gasteiger partial charge in [0.2, 0.25) is 0 Å². The van der Waals surface area contributed by atoms with E-state index < -0.39 is 0 Å². The van der Waals surface area contributed by atoms with Crippen molar-refractivity contribution in [3.63, 3.8) is 0 Å². The van der Waals surface area contributed by atoms with E-state index in [1.165, 1.54) is 0 Å². The lowest BCUT2D eigenvalue weighted by Gasteiger charge is -2.46. The third-order valence-electron chi connectivity index (χ3n) is 3.34. The quantitative estimate of drug-likeness (QED) is 0.731. The maximum atomic E-state index is 6.30. The topological polar surface area (TPSA) is 29.3 Å². The molecule has 0 amide bonds. The van der Waals surface area contributed by atoms with E-state index in [-0.39, 0.29) is 17.0 Å². The Morgan fingerprint density at radius 2 is 1.54 bits per heavy atom. The molecule has 0 aromatic heterocycles. The van der Waals surface area contributed by atoms with Crippen LogP contribution in [0.1, 0.15) is 41.0 Å². The summed E-state index contributed by atoms with van der Waals surface area (Å²) in [5, 5.41) is 0. The highest BCUT2D eigenvalue weighted by Crippen LogP contribution is 2.31. The third kappa shape index (κ3) is 2.68. The molecule has 0 fully saturated rings. The smallest absolute Gasteiger partial charge is 0.0328 e. The van der Waals surface area contributed by atoms with Gasteiger partial charge in [0.25, 0.3) is 0 Å². The van der Waals surface area contributed by atoms with Gasteiger partial charge in [-0.1, -0.05) is 27.7 Å². The normalized spacial score (nSPS) is 20.1. The first-order valence-corrected chi connectivity index (χ1v) is 5.09. The number of nitrogens with zero attached hydrogens (tertiary/aromatic N) is 1. The summed E-state index contributed by atoms with van der Waals surface area (Å²) in [6, 6.07) is 0.194. The van der Waals surface area contributed by atoms with E-state index in [2.05, 4.69) is 53.6 Å². The Morgan fingerprint density at radius 3 is 1.62 bits per heavy atom. The van der Waals surface area contributed by atoms with E-state index in [1.807, 2.05) is 0 Å². The lowest BCUT2D eigenvalue weighted by Crippen LogP contribution is -2.60. The summed E-state index contributed by atoms with van der Waals surface area (Å²) >= 11 is 0. The van der Waals surface area contributed by atoms with Gasteiger partial charge in [-0.05, 0) is 32.9 Å². The number of hydrogen-bond acceptors (Lipinski definition) is 2. The van der Waals surface area contributed by atoms with E-state index in [0.717, 1.165) is 6.42 Å². The Bertz CT molecular complexity index is 158. The molecular formula is C11H26N2. The Balaban J connectivity index is 4.77. The number of nitrogens with two attached hydrogens (primary N) is 1. The molecule has 0 heterocycles. The van der Waals surface area contributed by atoms with Crippen LogP contribution >= 0.6 is 0 Å². The largest absolute Gasteiger partial charge is 0.326 e. The molecule has 0 saturated carbocycles. The van der Waals surface area contributed by atoms with Crippen LogP contribution in [-0.4, -0.2) is 30.6 Å². The predicted octanol–water partition coefficient (Wildman–Crippen LogP) is 2.09. The second-order valence-corrected chi connectivity index (χ2v) is 5.45. The molecule has 13 heavy (non-hydrogen) atoms. The molecular weight excluding hydrogens is 160 g/mol. The molecule has 80 valence electrons. The standard InChI is InChI=1S/C11H26N2/c1-8-11(5,13(6)7)9(12)10(2,3)4/h9H,8,12H2,1-7H3. The molecule has 2 N–H and O–H groups in total. The van der Waals surface area contributed by atoms with Gasteiger partial charge in [-0.25, -0.2) is 0 Å². The predicted molar refractivity (Wildman–Crippen MR) is 59.8 cm³/mol. The van der Waals surface area contributed by atoms with Crippen molar-refractivity contribution in [2.75, 3.05) is 14.1 Å². The Labute approximate surface area is 83.5 Å². The van der Waals surface area contributed by atoms with Gasteiger partial charge in [-0.15, -0.1) is 0 Å². The van der Waals surface area contributed by atoms with Crippen LogP contribution in [0.15, 0.2) is 0 Å². The van der Waals surface area contributed by atoms with Crippen LogP contribution in [-0.2, 0) is 0 Å². The first-order valence-electron chi connectivity index (χ1n) is 5.09. The average molecular weight is 186 g/mol. The van der Waals surface area contributed by atoms with Crippen molar-refractivity contribution in [3.8, 4) is 0 Å². The molecule has 2 unspecified atom stereocenters. The minimum atomic E-state index is 0.0955. The summed E-state index contributed by atoms with van der Waals surface area (Å²) in [4.78, 5) is 2.24. The molecule has 2 atom stereocenters. The summed E-state index contributed by atoms with van der Waals surface area (Å²) in [5.41, 5.74) is 6.56. The van der Waals surface area contributed by atoms with Crippen molar-refractivity contribution in [3.05, 3.63) is 0 Å². The van der Waals surface area contributed by atoms with Crippen molar-refractivity contribution >= 4 is 0 Å². The van der Waals surface area contributed by atoms with E-state index in [0.29, 0.717) is 0 Å². The van der Waals surface area contributed by atoms with Crippen LogP contribution < -0.4 is 5.73 Å². The summed E-state index contributed by atoms with van der Waals surface area (Å²) in [6.07, 6.45) is 1.08. The van der Waals surface area contributed by atoms with Gasteiger partial charge < -0.3 is 10.6 Å². The summed E-state index contributed by atoms with van der Waals surface area (Å²) < 4.78 is 0. The van der Waals surface area contributed by atoms with E-state index in [1.54, 1.807) is 0 Å². The minimum absolute atomic E-state index is 0.0955. The zero-order valence-electron chi connectivity index (χ0n) is 10.3. The van der Waals surface area contributed by atoms with Gasteiger partial charge in [-0.3, -0.25) is 0 Å². The lowest BCUT2D eigenvalue weighted by atomic mass is 9.74.